The normalized spacial score (nSPS) is 20.1. The van der Waals surface area contributed by atoms with Crippen LogP contribution in [0.2, 0.25) is 0 Å². The molecule has 1 unspecified atom stereocenters. The van der Waals surface area contributed by atoms with Gasteiger partial charge in [-0.15, -0.1) is 0 Å². The molecule has 1 aromatic rings. The number of nitrogens with zero attached hydrogens (tertiary/aromatic N) is 3. The van der Waals surface area contributed by atoms with Crippen LogP contribution in [0.5, 0.6) is 0 Å². The number of likely N-dealkylation sites (tertiary alicyclic amines) is 1. The van der Waals surface area contributed by atoms with Gasteiger partial charge >= 0.3 is 0 Å². The van der Waals surface area contributed by atoms with Gasteiger partial charge in [0.25, 0.3) is 0 Å². The summed E-state index contributed by atoms with van der Waals surface area (Å²) in [4.78, 5) is 10.3. The molecule has 1 aliphatic rings. The minimum atomic E-state index is -0.407. The third kappa shape index (κ3) is 2.87. The highest BCUT2D eigenvalue weighted by Crippen LogP contribution is 2.18. The molecule has 0 bridgehead atoms. The molecule has 0 aromatic carbocycles. The van der Waals surface area contributed by atoms with E-state index in [-0.39, 0.29) is 5.82 Å². The summed E-state index contributed by atoms with van der Waals surface area (Å²) >= 11 is 0. The second-order valence-electron chi connectivity index (χ2n) is 4.45. The molecule has 6 heteroatoms. The van der Waals surface area contributed by atoms with Crippen LogP contribution in [0, 0.1) is 5.82 Å². The zero-order chi connectivity index (χ0) is 13.0. The molecule has 0 spiro atoms. The number of hydrogen-bond donors (Lipinski definition) is 2. The lowest BCUT2D eigenvalue weighted by atomic mass is 10.2. The molecule has 0 saturated carbocycles. The molecule has 1 saturated heterocycles. The SMILES string of the molecule is CCN1CCCC1CNc1nc(NC)ncc1F. The maximum absolute atomic E-state index is 13.5. The van der Waals surface area contributed by atoms with E-state index in [0.717, 1.165) is 26.1 Å². The Balaban J connectivity index is 1.97. The standard InChI is InChI=1S/C12H20FN5/c1-3-18-6-4-5-9(18)7-15-11-10(13)8-16-12(14-2)17-11/h8-9H,3-7H2,1-2H3,(H2,14,15,16,17). The summed E-state index contributed by atoms with van der Waals surface area (Å²) in [5.41, 5.74) is 0. The highest BCUT2D eigenvalue weighted by molar-refractivity contribution is 5.40. The van der Waals surface area contributed by atoms with E-state index in [1.807, 2.05) is 0 Å². The number of halogens is 1. The summed E-state index contributed by atoms with van der Waals surface area (Å²) < 4.78 is 13.5. The lowest BCUT2D eigenvalue weighted by Crippen LogP contribution is -2.35. The Hall–Kier alpha value is -1.43. The fourth-order valence-corrected chi connectivity index (χ4v) is 2.37. The molecule has 2 N–H and O–H groups in total. The molecule has 100 valence electrons. The number of likely N-dealkylation sites (N-methyl/N-ethyl adjacent to an activating group) is 1. The Morgan fingerprint density at radius 1 is 1.56 bits per heavy atom. The molecule has 0 aliphatic carbocycles. The summed E-state index contributed by atoms with van der Waals surface area (Å²) in [5.74, 6) is 0.296. The second kappa shape index (κ2) is 5.95. The molecular formula is C12H20FN5. The van der Waals surface area contributed by atoms with Gasteiger partial charge in [0, 0.05) is 19.6 Å². The molecule has 5 nitrogen and oxygen atoms in total. The Morgan fingerprint density at radius 2 is 2.39 bits per heavy atom. The van der Waals surface area contributed by atoms with E-state index in [9.17, 15) is 4.39 Å². The molecule has 18 heavy (non-hydrogen) atoms. The molecular weight excluding hydrogens is 233 g/mol. The van der Waals surface area contributed by atoms with Gasteiger partial charge in [-0.2, -0.15) is 4.98 Å². The van der Waals surface area contributed by atoms with Crippen molar-refractivity contribution in [3.8, 4) is 0 Å². The van der Waals surface area contributed by atoms with Gasteiger partial charge in [-0.25, -0.2) is 9.37 Å². The average molecular weight is 253 g/mol. The van der Waals surface area contributed by atoms with E-state index in [1.54, 1.807) is 7.05 Å². The first kappa shape index (κ1) is 13.0. The van der Waals surface area contributed by atoms with E-state index < -0.39 is 5.82 Å². The van der Waals surface area contributed by atoms with Crippen molar-refractivity contribution in [2.24, 2.45) is 0 Å². The van der Waals surface area contributed by atoms with Gasteiger partial charge in [0.2, 0.25) is 5.95 Å². The number of nitrogens with one attached hydrogen (secondary N) is 2. The monoisotopic (exact) mass is 253 g/mol. The largest absolute Gasteiger partial charge is 0.366 e. The van der Waals surface area contributed by atoms with Crippen LogP contribution in [-0.2, 0) is 0 Å². The van der Waals surface area contributed by atoms with Gasteiger partial charge < -0.3 is 10.6 Å². The lowest BCUT2D eigenvalue weighted by molar-refractivity contribution is 0.276. The quantitative estimate of drug-likeness (QED) is 0.834. The van der Waals surface area contributed by atoms with Crippen LogP contribution in [0.4, 0.5) is 16.2 Å². The summed E-state index contributed by atoms with van der Waals surface area (Å²) in [6.45, 7) is 5.06. The van der Waals surface area contributed by atoms with Gasteiger partial charge in [0.05, 0.1) is 6.20 Å². The summed E-state index contributed by atoms with van der Waals surface area (Å²) in [6, 6.07) is 0.474. The highest BCUT2D eigenvalue weighted by atomic mass is 19.1. The topological polar surface area (TPSA) is 53.1 Å². The van der Waals surface area contributed by atoms with Crippen molar-refractivity contribution < 1.29 is 4.39 Å². The number of rotatable bonds is 5. The molecule has 1 atom stereocenters. The van der Waals surface area contributed by atoms with Crippen LogP contribution >= 0.6 is 0 Å². The first-order chi connectivity index (χ1) is 8.74. The molecule has 2 heterocycles. The summed E-state index contributed by atoms with van der Waals surface area (Å²) in [7, 11) is 1.72. The maximum atomic E-state index is 13.5. The first-order valence-corrected chi connectivity index (χ1v) is 6.42. The van der Waals surface area contributed by atoms with Crippen molar-refractivity contribution in [2.75, 3.05) is 37.3 Å². The third-order valence-electron chi connectivity index (χ3n) is 3.38. The van der Waals surface area contributed by atoms with Crippen molar-refractivity contribution in [3.05, 3.63) is 12.0 Å². The Kier molecular flexibility index (Phi) is 4.30. The van der Waals surface area contributed by atoms with Crippen molar-refractivity contribution in [3.63, 3.8) is 0 Å². The number of anilines is 2. The summed E-state index contributed by atoms with van der Waals surface area (Å²) in [5, 5.41) is 5.89. The lowest BCUT2D eigenvalue weighted by Gasteiger charge is -2.23. The van der Waals surface area contributed by atoms with Crippen LogP contribution in [0.15, 0.2) is 6.20 Å². The molecule has 2 rings (SSSR count). The molecule has 1 fully saturated rings. The van der Waals surface area contributed by atoms with Crippen LogP contribution in [0.25, 0.3) is 0 Å². The molecule has 1 aromatic heterocycles. The Labute approximate surface area is 107 Å². The zero-order valence-electron chi connectivity index (χ0n) is 10.9. The van der Waals surface area contributed by atoms with Crippen molar-refractivity contribution in [2.45, 2.75) is 25.8 Å². The van der Waals surface area contributed by atoms with E-state index in [4.69, 9.17) is 0 Å². The fraction of sp³-hybridized carbons (Fsp3) is 0.667. The fourth-order valence-electron chi connectivity index (χ4n) is 2.37. The van der Waals surface area contributed by atoms with Crippen LogP contribution < -0.4 is 10.6 Å². The number of hydrogen-bond acceptors (Lipinski definition) is 5. The van der Waals surface area contributed by atoms with Gasteiger partial charge in [0.15, 0.2) is 11.6 Å². The van der Waals surface area contributed by atoms with Gasteiger partial charge in [-0.05, 0) is 25.9 Å². The first-order valence-electron chi connectivity index (χ1n) is 6.42. The van der Waals surface area contributed by atoms with Crippen LogP contribution in [-0.4, -0.2) is 47.6 Å². The van der Waals surface area contributed by atoms with Crippen molar-refractivity contribution >= 4 is 11.8 Å². The van der Waals surface area contributed by atoms with E-state index in [2.05, 4.69) is 32.4 Å². The summed E-state index contributed by atoms with van der Waals surface area (Å²) in [6.07, 6.45) is 3.56. The van der Waals surface area contributed by atoms with Gasteiger partial charge in [0.1, 0.15) is 0 Å². The van der Waals surface area contributed by atoms with Crippen LogP contribution in [0.1, 0.15) is 19.8 Å². The average Bonchev–Trinajstić information content (AvgIpc) is 2.85. The second-order valence-corrected chi connectivity index (χ2v) is 4.45. The van der Waals surface area contributed by atoms with Crippen molar-refractivity contribution in [1.82, 2.24) is 14.9 Å². The maximum Gasteiger partial charge on any atom is 0.224 e. The van der Waals surface area contributed by atoms with Crippen LogP contribution in [0.3, 0.4) is 0 Å². The number of aromatic nitrogens is 2. The Morgan fingerprint density at radius 3 is 3.11 bits per heavy atom. The predicted molar refractivity (Wildman–Crippen MR) is 70.3 cm³/mol. The highest BCUT2D eigenvalue weighted by Gasteiger charge is 2.22. The molecule has 1 aliphatic heterocycles. The minimum absolute atomic E-state index is 0.275. The molecule has 0 radical (unpaired) electrons. The zero-order valence-corrected chi connectivity index (χ0v) is 10.9. The third-order valence-corrected chi connectivity index (χ3v) is 3.38. The van der Waals surface area contributed by atoms with Crippen molar-refractivity contribution in [1.29, 1.82) is 0 Å². The van der Waals surface area contributed by atoms with Gasteiger partial charge in [-0.3, -0.25) is 4.90 Å². The Bertz CT molecular complexity index is 398. The smallest absolute Gasteiger partial charge is 0.224 e. The van der Waals surface area contributed by atoms with E-state index in [1.165, 1.54) is 12.6 Å². The van der Waals surface area contributed by atoms with E-state index >= 15 is 0 Å². The molecule has 0 amide bonds. The van der Waals surface area contributed by atoms with E-state index in [0.29, 0.717) is 12.0 Å². The minimum Gasteiger partial charge on any atom is -0.366 e. The predicted octanol–water partition coefficient (Wildman–Crippen LogP) is 1.55. The van der Waals surface area contributed by atoms with Gasteiger partial charge in [-0.1, -0.05) is 6.92 Å².